The van der Waals surface area contributed by atoms with Crippen LogP contribution in [0.25, 0.3) is 0 Å². The third-order valence-corrected chi connectivity index (χ3v) is 1.60. The van der Waals surface area contributed by atoms with Crippen molar-refractivity contribution in [1.82, 2.24) is 4.98 Å². The van der Waals surface area contributed by atoms with E-state index in [0.29, 0.717) is 0 Å². The number of rotatable bonds is 2. The van der Waals surface area contributed by atoms with Crippen molar-refractivity contribution in [3.8, 4) is 0 Å². The van der Waals surface area contributed by atoms with Crippen molar-refractivity contribution in [1.29, 1.82) is 0 Å². The van der Waals surface area contributed by atoms with Crippen LogP contribution in [-0.4, -0.2) is 10.7 Å². The van der Waals surface area contributed by atoms with Gasteiger partial charge in [-0.25, -0.2) is 0 Å². The first-order valence-electron chi connectivity index (χ1n) is 2.49. The van der Waals surface area contributed by atoms with Crippen LogP contribution in [0.15, 0.2) is 23.4 Å². The molecule has 1 heterocycles. The average molecular weight is 126 g/mol. The molecule has 0 bridgehead atoms. The Morgan fingerprint density at radius 2 is 2.62 bits per heavy atom. The molecule has 0 aliphatic carbocycles. The third kappa shape index (κ3) is 1.30. The van der Waals surface area contributed by atoms with Gasteiger partial charge in [0.25, 0.3) is 0 Å². The van der Waals surface area contributed by atoms with Crippen molar-refractivity contribution >= 4 is 11.8 Å². The number of aromatic amines is 1. The molecule has 1 radical (unpaired) electrons. The molecule has 43 valence electrons. The molecule has 0 aliphatic rings. The fourth-order valence-corrected chi connectivity index (χ4v) is 1.06. The molecule has 1 aromatic heterocycles. The van der Waals surface area contributed by atoms with Crippen molar-refractivity contribution in [3.05, 3.63) is 25.3 Å². The smallest absolute Gasteiger partial charge is 0.0721 e. The van der Waals surface area contributed by atoms with Gasteiger partial charge in [0, 0.05) is 6.20 Å². The zero-order valence-electron chi connectivity index (χ0n) is 4.55. The molecular weight excluding hydrogens is 118 g/mol. The fraction of sp³-hybridized carbons (Fsp3) is 0.167. The molecule has 0 unspecified atom stereocenters. The predicted molar refractivity (Wildman–Crippen MR) is 36.9 cm³/mol. The second-order valence-corrected chi connectivity index (χ2v) is 2.52. The maximum Gasteiger partial charge on any atom is 0.0721 e. The number of H-pyrrole nitrogens is 1. The minimum absolute atomic E-state index is 0.889. The van der Waals surface area contributed by atoms with E-state index in [1.54, 1.807) is 11.8 Å². The Labute approximate surface area is 53.5 Å². The normalized spacial score (nSPS) is 9.62. The van der Waals surface area contributed by atoms with Gasteiger partial charge in [0.05, 0.1) is 5.03 Å². The number of thioether (sulfide) groups is 1. The molecule has 2 heteroatoms. The van der Waals surface area contributed by atoms with Crippen molar-refractivity contribution in [3.63, 3.8) is 0 Å². The summed E-state index contributed by atoms with van der Waals surface area (Å²) < 4.78 is 0. The van der Waals surface area contributed by atoms with Gasteiger partial charge in [-0.05, 0) is 24.8 Å². The van der Waals surface area contributed by atoms with E-state index < -0.39 is 0 Å². The lowest BCUT2D eigenvalue weighted by Gasteiger charge is -1.87. The van der Waals surface area contributed by atoms with Crippen LogP contribution in [0.5, 0.6) is 0 Å². The zero-order valence-corrected chi connectivity index (χ0v) is 5.37. The molecule has 1 aromatic rings. The minimum Gasteiger partial charge on any atom is -0.356 e. The molecule has 0 aromatic carbocycles. The van der Waals surface area contributed by atoms with E-state index in [9.17, 15) is 0 Å². The Hall–Kier alpha value is -0.370. The fourth-order valence-electron chi connectivity index (χ4n) is 0.514. The Bertz CT molecular complexity index is 134. The lowest BCUT2D eigenvalue weighted by molar-refractivity contribution is 1.21. The lowest BCUT2D eigenvalue weighted by Crippen LogP contribution is -1.67. The first-order valence-corrected chi connectivity index (χ1v) is 3.47. The van der Waals surface area contributed by atoms with Crippen molar-refractivity contribution < 1.29 is 0 Å². The summed E-state index contributed by atoms with van der Waals surface area (Å²) in [6.07, 6.45) is 1.91. The van der Waals surface area contributed by atoms with Crippen LogP contribution in [0.2, 0.25) is 0 Å². The minimum atomic E-state index is 0.889. The predicted octanol–water partition coefficient (Wildman–Crippen LogP) is 1.94. The molecule has 1 rings (SSSR count). The molecule has 0 saturated heterocycles. The summed E-state index contributed by atoms with van der Waals surface area (Å²) in [5.41, 5.74) is 0. The summed E-state index contributed by atoms with van der Waals surface area (Å²) in [5.74, 6) is 0.889. The summed E-state index contributed by atoms with van der Waals surface area (Å²) in [4.78, 5) is 3.06. The summed E-state index contributed by atoms with van der Waals surface area (Å²) in [5, 5.41) is 1.19. The van der Waals surface area contributed by atoms with Gasteiger partial charge in [0.2, 0.25) is 0 Å². The molecule has 1 N–H and O–H groups in total. The summed E-state index contributed by atoms with van der Waals surface area (Å²) >= 11 is 1.72. The Kier molecular flexibility index (Phi) is 2.03. The highest BCUT2D eigenvalue weighted by Crippen LogP contribution is 2.12. The quantitative estimate of drug-likeness (QED) is 0.599. The standard InChI is InChI=1S/C6H8NS/c1-2-8-6-4-3-5-7-6/h3-5,7H,1-2H2. The van der Waals surface area contributed by atoms with Crippen LogP contribution in [0, 0.1) is 6.92 Å². The molecule has 0 atom stereocenters. The third-order valence-electron chi connectivity index (χ3n) is 0.827. The van der Waals surface area contributed by atoms with Gasteiger partial charge in [-0.2, -0.15) is 0 Å². The zero-order chi connectivity index (χ0) is 5.82. The maximum absolute atomic E-state index is 3.70. The average Bonchev–Trinajstić information content (AvgIpc) is 2.19. The highest BCUT2D eigenvalue weighted by Gasteiger charge is 1.86. The Balaban J connectivity index is 2.50. The molecule has 0 amide bonds. The van der Waals surface area contributed by atoms with Gasteiger partial charge in [-0.15, -0.1) is 11.8 Å². The first-order chi connectivity index (χ1) is 3.93. The van der Waals surface area contributed by atoms with Crippen molar-refractivity contribution in [2.24, 2.45) is 0 Å². The van der Waals surface area contributed by atoms with Crippen LogP contribution in [0.3, 0.4) is 0 Å². The van der Waals surface area contributed by atoms with Gasteiger partial charge in [0.15, 0.2) is 0 Å². The molecule has 0 aliphatic heterocycles. The van der Waals surface area contributed by atoms with Crippen LogP contribution in [0.4, 0.5) is 0 Å². The summed E-state index contributed by atoms with van der Waals surface area (Å²) in [6, 6.07) is 4.02. The van der Waals surface area contributed by atoms with Gasteiger partial charge < -0.3 is 4.98 Å². The van der Waals surface area contributed by atoms with E-state index in [2.05, 4.69) is 11.9 Å². The van der Waals surface area contributed by atoms with Gasteiger partial charge in [0.1, 0.15) is 0 Å². The van der Waals surface area contributed by atoms with Crippen LogP contribution >= 0.6 is 11.8 Å². The van der Waals surface area contributed by atoms with Crippen molar-refractivity contribution in [2.45, 2.75) is 5.03 Å². The molecule has 0 spiro atoms. The Morgan fingerprint density at radius 1 is 1.75 bits per heavy atom. The van der Waals surface area contributed by atoms with Crippen LogP contribution in [0.1, 0.15) is 0 Å². The topological polar surface area (TPSA) is 15.8 Å². The monoisotopic (exact) mass is 126 g/mol. The van der Waals surface area contributed by atoms with Gasteiger partial charge >= 0.3 is 0 Å². The first kappa shape index (κ1) is 5.76. The number of hydrogen-bond donors (Lipinski definition) is 1. The summed E-state index contributed by atoms with van der Waals surface area (Å²) in [6.45, 7) is 3.70. The van der Waals surface area contributed by atoms with Crippen LogP contribution in [-0.2, 0) is 0 Å². The van der Waals surface area contributed by atoms with Crippen LogP contribution < -0.4 is 0 Å². The lowest BCUT2D eigenvalue weighted by atomic mass is 10.7. The maximum atomic E-state index is 3.70. The highest BCUT2D eigenvalue weighted by atomic mass is 32.2. The van der Waals surface area contributed by atoms with E-state index in [0.717, 1.165) is 5.75 Å². The van der Waals surface area contributed by atoms with E-state index in [1.165, 1.54) is 5.03 Å². The van der Waals surface area contributed by atoms with Gasteiger partial charge in [-0.3, -0.25) is 0 Å². The molecule has 0 fully saturated rings. The number of aromatic nitrogens is 1. The van der Waals surface area contributed by atoms with E-state index in [-0.39, 0.29) is 0 Å². The van der Waals surface area contributed by atoms with E-state index in [1.807, 2.05) is 18.3 Å². The molecular formula is C6H8NS. The largest absolute Gasteiger partial charge is 0.356 e. The summed E-state index contributed by atoms with van der Waals surface area (Å²) in [7, 11) is 0. The highest BCUT2D eigenvalue weighted by molar-refractivity contribution is 7.99. The van der Waals surface area contributed by atoms with E-state index >= 15 is 0 Å². The number of nitrogens with one attached hydrogen (secondary N) is 1. The molecule has 1 nitrogen and oxygen atoms in total. The van der Waals surface area contributed by atoms with Gasteiger partial charge in [-0.1, -0.05) is 0 Å². The SMILES string of the molecule is [CH2]CSc1ccc[nH]1. The second-order valence-electron chi connectivity index (χ2n) is 1.38. The Morgan fingerprint density at radius 3 is 3.12 bits per heavy atom. The van der Waals surface area contributed by atoms with E-state index in [4.69, 9.17) is 0 Å². The molecule has 8 heavy (non-hydrogen) atoms. The van der Waals surface area contributed by atoms with Crippen molar-refractivity contribution in [2.75, 3.05) is 5.75 Å². The second kappa shape index (κ2) is 2.82. The number of hydrogen-bond acceptors (Lipinski definition) is 1. The molecule has 0 saturated carbocycles.